The second kappa shape index (κ2) is 6.80. The minimum atomic E-state index is -0.177. The van der Waals surface area contributed by atoms with Crippen molar-refractivity contribution in [2.24, 2.45) is 0 Å². The Morgan fingerprint density at radius 2 is 2.11 bits per heavy atom. The van der Waals surface area contributed by atoms with E-state index in [1.54, 1.807) is 6.07 Å². The molecule has 0 aliphatic carbocycles. The second-order valence-corrected chi connectivity index (χ2v) is 5.12. The van der Waals surface area contributed by atoms with E-state index in [2.05, 4.69) is 13.8 Å². The molecule has 19 heavy (non-hydrogen) atoms. The Kier molecular flexibility index (Phi) is 5.08. The molecular formula is C16H24O3. The highest BCUT2D eigenvalue weighted by atomic mass is 16.7. The van der Waals surface area contributed by atoms with Crippen LogP contribution in [0.4, 0.5) is 0 Å². The van der Waals surface area contributed by atoms with E-state index in [9.17, 15) is 5.11 Å². The number of phenols is 1. The van der Waals surface area contributed by atoms with Crippen molar-refractivity contribution in [1.29, 1.82) is 0 Å². The largest absolute Gasteiger partial charge is 0.508 e. The highest BCUT2D eigenvalue weighted by Gasteiger charge is 2.26. The number of hydrogen-bond donors (Lipinski definition) is 1. The van der Waals surface area contributed by atoms with E-state index in [4.69, 9.17) is 9.47 Å². The lowest BCUT2D eigenvalue weighted by Crippen LogP contribution is -2.18. The molecule has 1 atom stereocenters. The van der Waals surface area contributed by atoms with Crippen molar-refractivity contribution in [1.82, 2.24) is 0 Å². The Morgan fingerprint density at radius 3 is 2.84 bits per heavy atom. The minimum Gasteiger partial charge on any atom is -0.508 e. The van der Waals surface area contributed by atoms with E-state index in [1.165, 1.54) is 12.8 Å². The van der Waals surface area contributed by atoms with Crippen LogP contribution >= 0.6 is 0 Å². The Labute approximate surface area is 115 Å². The van der Waals surface area contributed by atoms with Crippen molar-refractivity contribution in [3.63, 3.8) is 0 Å². The summed E-state index contributed by atoms with van der Waals surface area (Å²) in [7, 11) is 0. The van der Waals surface area contributed by atoms with Crippen LogP contribution in [0, 0.1) is 0 Å². The monoisotopic (exact) mass is 264 g/mol. The second-order valence-electron chi connectivity index (χ2n) is 5.12. The van der Waals surface area contributed by atoms with Gasteiger partial charge in [-0.1, -0.05) is 33.1 Å². The standard InChI is InChI=1S/C16H24O3/c1-3-5-6-10-18-16-11-13-12(7-4-2)14(17)8-9-15(13)19-16/h8-9,16-17H,3-7,10-11H2,1-2H3. The van der Waals surface area contributed by atoms with Crippen molar-refractivity contribution in [2.75, 3.05) is 6.61 Å². The van der Waals surface area contributed by atoms with E-state index in [0.29, 0.717) is 5.75 Å². The molecule has 1 unspecified atom stereocenters. The molecule has 1 N–H and O–H groups in total. The highest BCUT2D eigenvalue weighted by molar-refractivity contribution is 5.50. The van der Waals surface area contributed by atoms with Gasteiger partial charge in [-0.25, -0.2) is 0 Å². The van der Waals surface area contributed by atoms with Gasteiger partial charge in [-0.2, -0.15) is 0 Å². The average molecular weight is 264 g/mol. The van der Waals surface area contributed by atoms with Crippen LogP contribution in [0.15, 0.2) is 12.1 Å². The molecule has 2 rings (SSSR count). The number of fused-ring (bicyclic) bond motifs is 1. The molecule has 0 spiro atoms. The van der Waals surface area contributed by atoms with Crippen molar-refractivity contribution in [3.05, 3.63) is 23.3 Å². The predicted molar refractivity (Wildman–Crippen MR) is 75.7 cm³/mol. The molecule has 0 aromatic heterocycles. The summed E-state index contributed by atoms with van der Waals surface area (Å²) < 4.78 is 11.6. The summed E-state index contributed by atoms with van der Waals surface area (Å²) in [6.07, 6.45) is 5.97. The van der Waals surface area contributed by atoms with E-state index in [-0.39, 0.29) is 6.29 Å². The molecule has 106 valence electrons. The SMILES string of the molecule is CCCCCOC1Cc2c(ccc(O)c2CCC)O1. The molecule has 0 radical (unpaired) electrons. The third kappa shape index (κ3) is 3.41. The third-order valence-electron chi connectivity index (χ3n) is 3.54. The first-order chi connectivity index (χ1) is 9.26. The molecule has 1 aliphatic heterocycles. The Balaban J connectivity index is 1.97. The minimum absolute atomic E-state index is 0.177. The molecule has 1 heterocycles. The normalized spacial score (nSPS) is 17.3. The van der Waals surface area contributed by atoms with E-state index in [1.807, 2.05) is 6.07 Å². The molecule has 0 fully saturated rings. The Hall–Kier alpha value is -1.22. The lowest BCUT2D eigenvalue weighted by atomic mass is 10.00. The smallest absolute Gasteiger partial charge is 0.204 e. The van der Waals surface area contributed by atoms with Gasteiger partial charge in [0.2, 0.25) is 6.29 Å². The maximum Gasteiger partial charge on any atom is 0.204 e. The van der Waals surface area contributed by atoms with Crippen LogP contribution in [0.5, 0.6) is 11.5 Å². The first-order valence-electron chi connectivity index (χ1n) is 7.38. The Morgan fingerprint density at radius 1 is 1.26 bits per heavy atom. The molecular weight excluding hydrogens is 240 g/mol. The van der Waals surface area contributed by atoms with Crippen LogP contribution in [0.25, 0.3) is 0 Å². The zero-order valence-corrected chi connectivity index (χ0v) is 11.9. The van der Waals surface area contributed by atoms with Crippen LogP contribution in [0.2, 0.25) is 0 Å². The summed E-state index contributed by atoms with van der Waals surface area (Å²) in [5.74, 6) is 1.26. The molecule has 3 nitrogen and oxygen atoms in total. The zero-order valence-electron chi connectivity index (χ0n) is 11.9. The maximum atomic E-state index is 9.94. The van der Waals surface area contributed by atoms with Crippen molar-refractivity contribution < 1.29 is 14.6 Å². The molecule has 1 aromatic carbocycles. The molecule has 0 saturated heterocycles. The highest BCUT2D eigenvalue weighted by Crippen LogP contribution is 2.37. The molecule has 0 amide bonds. The van der Waals surface area contributed by atoms with Crippen molar-refractivity contribution in [3.8, 4) is 11.5 Å². The van der Waals surface area contributed by atoms with Crippen LogP contribution < -0.4 is 4.74 Å². The van der Waals surface area contributed by atoms with Crippen molar-refractivity contribution >= 4 is 0 Å². The first-order valence-corrected chi connectivity index (χ1v) is 7.38. The fourth-order valence-corrected chi connectivity index (χ4v) is 2.53. The number of hydrogen-bond acceptors (Lipinski definition) is 3. The van der Waals surface area contributed by atoms with Gasteiger partial charge >= 0.3 is 0 Å². The number of benzene rings is 1. The summed E-state index contributed by atoms with van der Waals surface area (Å²) in [5, 5.41) is 9.94. The lowest BCUT2D eigenvalue weighted by Gasteiger charge is -2.11. The molecule has 0 bridgehead atoms. The Bertz CT molecular complexity index is 415. The summed E-state index contributed by atoms with van der Waals surface area (Å²) in [6.45, 7) is 5.05. The summed E-state index contributed by atoms with van der Waals surface area (Å²) in [6, 6.07) is 3.57. The third-order valence-corrected chi connectivity index (χ3v) is 3.54. The van der Waals surface area contributed by atoms with Gasteiger partial charge in [-0.05, 0) is 25.0 Å². The number of aromatic hydroxyl groups is 1. The van der Waals surface area contributed by atoms with Gasteiger partial charge in [0, 0.05) is 17.5 Å². The maximum absolute atomic E-state index is 9.94. The van der Waals surface area contributed by atoms with E-state index < -0.39 is 0 Å². The van der Waals surface area contributed by atoms with Crippen LogP contribution in [-0.2, 0) is 17.6 Å². The van der Waals surface area contributed by atoms with Crippen LogP contribution in [0.1, 0.15) is 50.7 Å². The van der Waals surface area contributed by atoms with E-state index >= 15 is 0 Å². The molecule has 0 saturated carbocycles. The van der Waals surface area contributed by atoms with Gasteiger partial charge in [0.15, 0.2) is 0 Å². The number of rotatable bonds is 7. The van der Waals surface area contributed by atoms with Crippen molar-refractivity contribution in [2.45, 2.75) is 58.7 Å². The molecule has 1 aliphatic rings. The van der Waals surface area contributed by atoms with Gasteiger partial charge in [0.1, 0.15) is 11.5 Å². The van der Waals surface area contributed by atoms with Crippen LogP contribution in [-0.4, -0.2) is 18.0 Å². The van der Waals surface area contributed by atoms with Gasteiger partial charge in [0.25, 0.3) is 0 Å². The molecule has 3 heteroatoms. The molecule has 1 aromatic rings. The average Bonchev–Trinajstić information content (AvgIpc) is 2.81. The fraction of sp³-hybridized carbons (Fsp3) is 0.625. The predicted octanol–water partition coefficient (Wildman–Crippen LogP) is 3.81. The van der Waals surface area contributed by atoms with Gasteiger partial charge in [0.05, 0.1) is 6.61 Å². The van der Waals surface area contributed by atoms with Gasteiger partial charge in [-0.15, -0.1) is 0 Å². The summed E-state index contributed by atoms with van der Waals surface area (Å²) in [4.78, 5) is 0. The van der Waals surface area contributed by atoms with Gasteiger partial charge < -0.3 is 14.6 Å². The quantitative estimate of drug-likeness (QED) is 0.761. The summed E-state index contributed by atoms with van der Waals surface area (Å²) in [5.41, 5.74) is 2.15. The number of phenolic OH excluding ortho intramolecular Hbond substituents is 1. The van der Waals surface area contributed by atoms with Crippen LogP contribution in [0.3, 0.4) is 0 Å². The number of unbranched alkanes of at least 4 members (excludes halogenated alkanes) is 2. The number of ether oxygens (including phenoxy) is 2. The topological polar surface area (TPSA) is 38.7 Å². The van der Waals surface area contributed by atoms with E-state index in [0.717, 1.165) is 49.2 Å². The summed E-state index contributed by atoms with van der Waals surface area (Å²) >= 11 is 0. The zero-order chi connectivity index (χ0) is 13.7. The van der Waals surface area contributed by atoms with Gasteiger partial charge in [-0.3, -0.25) is 0 Å². The fourth-order valence-electron chi connectivity index (χ4n) is 2.53. The lowest BCUT2D eigenvalue weighted by molar-refractivity contribution is -0.0666. The first kappa shape index (κ1) is 14.2.